The second-order valence-electron chi connectivity index (χ2n) is 5.76. The third-order valence-electron chi connectivity index (χ3n) is 3.15. The average molecular weight is 266 g/mol. The van der Waals surface area contributed by atoms with E-state index >= 15 is 0 Å². The van der Waals surface area contributed by atoms with Gasteiger partial charge in [-0.3, -0.25) is 9.69 Å². The van der Waals surface area contributed by atoms with Crippen molar-refractivity contribution in [2.75, 3.05) is 37.6 Å². The van der Waals surface area contributed by atoms with Crippen LogP contribution in [0.5, 0.6) is 0 Å². The van der Waals surface area contributed by atoms with Gasteiger partial charge >= 0.3 is 0 Å². The number of anilines is 1. The van der Waals surface area contributed by atoms with E-state index in [1.54, 1.807) is 13.0 Å². The van der Waals surface area contributed by atoms with Crippen LogP contribution in [0.25, 0.3) is 0 Å². The number of piperazine rings is 1. The minimum atomic E-state index is -0.666. The molecule has 6 heteroatoms. The fourth-order valence-electron chi connectivity index (χ4n) is 2.41. The van der Waals surface area contributed by atoms with Crippen molar-refractivity contribution in [3.63, 3.8) is 0 Å². The maximum absolute atomic E-state index is 11.4. The number of hydrogen-bond acceptors (Lipinski definition) is 5. The summed E-state index contributed by atoms with van der Waals surface area (Å²) in [6.07, 6.45) is 0. The van der Waals surface area contributed by atoms with Crippen molar-refractivity contribution in [1.82, 2.24) is 14.9 Å². The molecule has 2 heterocycles. The molecule has 6 nitrogen and oxygen atoms in total. The summed E-state index contributed by atoms with van der Waals surface area (Å²) in [6.45, 7) is 9.49. The van der Waals surface area contributed by atoms with E-state index < -0.39 is 5.60 Å². The average Bonchev–Trinajstić information content (AvgIpc) is 2.26. The fraction of sp³-hybridized carbons (Fsp3) is 0.692. The molecule has 0 bridgehead atoms. The molecular weight excluding hydrogens is 244 g/mol. The second-order valence-corrected chi connectivity index (χ2v) is 5.76. The molecule has 0 radical (unpaired) electrons. The number of aromatic nitrogens is 2. The summed E-state index contributed by atoms with van der Waals surface area (Å²) in [6, 6.07) is 1.54. The van der Waals surface area contributed by atoms with E-state index in [4.69, 9.17) is 0 Å². The molecular formula is C13H22N4O2. The first kappa shape index (κ1) is 14.0. The number of rotatable bonds is 3. The van der Waals surface area contributed by atoms with Gasteiger partial charge in [-0.25, -0.2) is 4.98 Å². The highest BCUT2D eigenvalue weighted by Gasteiger charge is 2.23. The maximum Gasteiger partial charge on any atom is 0.252 e. The van der Waals surface area contributed by atoms with E-state index in [9.17, 15) is 9.90 Å². The normalized spacial score (nSPS) is 17.8. The molecule has 0 unspecified atom stereocenters. The monoisotopic (exact) mass is 266 g/mol. The van der Waals surface area contributed by atoms with Gasteiger partial charge in [0.05, 0.1) is 5.60 Å². The number of β-amino-alcohol motifs (C(OH)–C–C–N with tert-alkyl or cyclic N) is 1. The first-order chi connectivity index (χ1) is 8.83. The van der Waals surface area contributed by atoms with E-state index in [0.717, 1.165) is 32.0 Å². The summed E-state index contributed by atoms with van der Waals surface area (Å²) in [5, 5.41) is 9.81. The summed E-state index contributed by atoms with van der Waals surface area (Å²) < 4.78 is 0. The Balaban J connectivity index is 1.98. The Bertz CT molecular complexity index is 484. The molecule has 19 heavy (non-hydrogen) atoms. The lowest BCUT2D eigenvalue weighted by atomic mass is 10.1. The predicted molar refractivity (Wildman–Crippen MR) is 74.5 cm³/mol. The van der Waals surface area contributed by atoms with Gasteiger partial charge in [0, 0.05) is 38.8 Å². The van der Waals surface area contributed by atoms with E-state index in [-0.39, 0.29) is 5.56 Å². The van der Waals surface area contributed by atoms with Gasteiger partial charge in [0.1, 0.15) is 11.6 Å². The minimum Gasteiger partial charge on any atom is -0.389 e. The zero-order valence-electron chi connectivity index (χ0n) is 11.8. The molecule has 1 aromatic heterocycles. The standard InChI is InChI=1S/C13H22N4O2/c1-10-14-11(8-12(18)15-10)17-6-4-16(5-7-17)9-13(2,3)19/h8,19H,4-7,9H2,1-3H3,(H,14,15,18). The highest BCUT2D eigenvalue weighted by atomic mass is 16.3. The number of nitrogens with one attached hydrogen (secondary N) is 1. The fourth-order valence-corrected chi connectivity index (χ4v) is 2.41. The number of aryl methyl sites for hydroxylation is 1. The van der Waals surface area contributed by atoms with Crippen LogP contribution in [0.1, 0.15) is 19.7 Å². The largest absolute Gasteiger partial charge is 0.389 e. The van der Waals surface area contributed by atoms with Crippen molar-refractivity contribution in [3.8, 4) is 0 Å². The lowest BCUT2D eigenvalue weighted by Gasteiger charge is -2.37. The Morgan fingerprint density at radius 1 is 1.37 bits per heavy atom. The maximum atomic E-state index is 11.4. The van der Waals surface area contributed by atoms with Gasteiger partial charge < -0.3 is 15.0 Å². The highest BCUT2D eigenvalue weighted by molar-refractivity contribution is 5.37. The zero-order chi connectivity index (χ0) is 14.0. The number of aromatic amines is 1. The van der Waals surface area contributed by atoms with Gasteiger partial charge in [-0.2, -0.15) is 0 Å². The molecule has 106 valence electrons. The van der Waals surface area contributed by atoms with E-state index in [1.807, 2.05) is 13.8 Å². The van der Waals surface area contributed by atoms with Gasteiger partial charge in [0.2, 0.25) is 0 Å². The van der Waals surface area contributed by atoms with Crippen LogP contribution in [-0.4, -0.2) is 58.3 Å². The molecule has 0 aliphatic carbocycles. The summed E-state index contributed by atoms with van der Waals surface area (Å²) in [5.41, 5.74) is -0.776. The third kappa shape index (κ3) is 4.04. The van der Waals surface area contributed by atoms with Crippen LogP contribution in [0.2, 0.25) is 0 Å². The first-order valence-corrected chi connectivity index (χ1v) is 6.61. The number of hydrogen-bond donors (Lipinski definition) is 2. The first-order valence-electron chi connectivity index (χ1n) is 6.61. The van der Waals surface area contributed by atoms with Gasteiger partial charge in [-0.05, 0) is 20.8 Å². The Morgan fingerprint density at radius 2 is 2.00 bits per heavy atom. The van der Waals surface area contributed by atoms with Gasteiger partial charge in [0.15, 0.2) is 0 Å². The van der Waals surface area contributed by atoms with Crippen LogP contribution in [-0.2, 0) is 0 Å². The Kier molecular flexibility index (Phi) is 3.91. The van der Waals surface area contributed by atoms with Crippen molar-refractivity contribution in [2.45, 2.75) is 26.4 Å². The predicted octanol–water partition coefficient (Wildman–Crippen LogP) is -0.0288. The van der Waals surface area contributed by atoms with Crippen molar-refractivity contribution in [3.05, 3.63) is 22.2 Å². The summed E-state index contributed by atoms with van der Waals surface area (Å²) in [7, 11) is 0. The zero-order valence-corrected chi connectivity index (χ0v) is 11.8. The summed E-state index contributed by atoms with van der Waals surface area (Å²) >= 11 is 0. The van der Waals surface area contributed by atoms with Crippen molar-refractivity contribution >= 4 is 5.82 Å². The quantitative estimate of drug-likeness (QED) is 0.804. The molecule has 0 amide bonds. The molecule has 0 aromatic carbocycles. The number of nitrogens with zero attached hydrogens (tertiary/aromatic N) is 3. The molecule has 1 fully saturated rings. The highest BCUT2D eigenvalue weighted by Crippen LogP contribution is 2.13. The molecule has 2 rings (SSSR count). The Morgan fingerprint density at radius 3 is 2.53 bits per heavy atom. The minimum absolute atomic E-state index is 0.110. The third-order valence-corrected chi connectivity index (χ3v) is 3.15. The van der Waals surface area contributed by atoms with Gasteiger partial charge in [-0.15, -0.1) is 0 Å². The van der Waals surface area contributed by atoms with E-state index in [1.165, 1.54) is 0 Å². The van der Waals surface area contributed by atoms with Crippen LogP contribution >= 0.6 is 0 Å². The van der Waals surface area contributed by atoms with Crippen LogP contribution < -0.4 is 10.5 Å². The van der Waals surface area contributed by atoms with Crippen LogP contribution in [0, 0.1) is 6.92 Å². The van der Waals surface area contributed by atoms with Crippen LogP contribution in [0.15, 0.2) is 10.9 Å². The molecule has 0 spiro atoms. The number of H-pyrrole nitrogens is 1. The molecule has 1 aromatic rings. The second kappa shape index (κ2) is 5.30. The smallest absolute Gasteiger partial charge is 0.252 e. The Hall–Kier alpha value is -1.40. The van der Waals surface area contributed by atoms with Crippen LogP contribution in [0.3, 0.4) is 0 Å². The topological polar surface area (TPSA) is 72.5 Å². The Labute approximate surface area is 113 Å². The molecule has 0 atom stereocenters. The van der Waals surface area contributed by atoms with Crippen molar-refractivity contribution in [2.24, 2.45) is 0 Å². The lowest BCUT2D eigenvalue weighted by Crippen LogP contribution is -2.50. The summed E-state index contributed by atoms with van der Waals surface area (Å²) in [4.78, 5) is 22.8. The molecule has 2 N–H and O–H groups in total. The lowest BCUT2D eigenvalue weighted by molar-refractivity contribution is 0.0344. The molecule has 1 saturated heterocycles. The van der Waals surface area contributed by atoms with Gasteiger partial charge in [-0.1, -0.05) is 0 Å². The van der Waals surface area contributed by atoms with Crippen molar-refractivity contribution in [1.29, 1.82) is 0 Å². The molecule has 1 aliphatic rings. The molecule has 0 saturated carbocycles. The summed E-state index contributed by atoms with van der Waals surface area (Å²) in [5.74, 6) is 1.38. The SMILES string of the molecule is Cc1nc(N2CCN(CC(C)(C)O)CC2)cc(=O)[nH]1. The van der Waals surface area contributed by atoms with Crippen LogP contribution in [0.4, 0.5) is 5.82 Å². The van der Waals surface area contributed by atoms with E-state index in [0.29, 0.717) is 12.4 Å². The van der Waals surface area contributed by atoms with Crippen molar-refractivity contribution < 1.29 is 5.11 Å². The van der Waals surface area contributed by atoms with E-state index in [2.05, 4.69) is 19.8 Å². The van der Waals surface area contributed by atoms with Gasteiger partial charge in [0.25, 0.3) is 5.56 Å². The molecule has 1 aliphatic heterocycles. The number of aliphatic hydroxyl groups is 1.